The number of halogens is 1. The fourth-order valence-corrected chi connectivity index (χ4v) is 3.80. The lowest BCUT2D eigenvalue weighted by Gasteiger charge is -2.12. The van der Waals surface area contributed by atoms with Crippen molar-refractivity contribution in [3.8, 4) is 0 Å². The van der Waals surface area contributed by atoms with Crippen molar-refractivity contribution in [2.75, 3.05) is 11.3 Å². The van der Waals surface area contributed by atoms with Gasteiger partial charge in [-0.3, -0.25) is 9.52 Å². The number of carbonyl (C=O) groups is 1. The van der Waals surface area contributed by atoms with Crippen molar-refractivity contribution in [2.45, 2.75) is 31.6 Å². The molecule has 0 heterocycles. The van der Waals surface area contributed by atoms with Crippen molar-refractivity contribution < 1.29 is 13.2 Å². The van der Waals surface area contributed by atoms with Crippen LogP contribution in [-0.4, -0.2) is 20.9 Å². The first-order chi connectivity index (χ1) is 12.3. The molecule has 1 fully saturated rings. The monoisotopic (exact) mass is 392 g/mol. The van der Waals surface area contributed by atoms with Crippen LogP contribution in [0.1, 0.15) is 34.3 Å². The maximum absolute atomic E-state index is 12.7. The van der Waals surface area contributed by atoms with Crippen LogP contribution in [0.3, 0.4) is 0 Å². The summed E-state index contributed by atoms with van der Waals surface area (Å²) < 4.78 is 27.9. The van der Waals surface area contributed by atoms with Crippen LogP contribution in [-0.2, 0) is 10.0 Å². The van der Waals surface area contributed by atoms with Crippen molar-refractivity contribution >= 4 is 33.2 Å². The second-order valence-electron chi connectivity index (χ2n) is 6.70. The standard InChI is InChI=1S/C19H21ClN2O3S/c1-12-3-6-15(9-13(12)2)22-26(24,25)16-7-8-18(20)17(10-16)19(23)21-11-14-4-5-14/h3,6-10,14,22H,4-5,11H2,1-2H3,(H,21,23). The number of rotatable bonds is 6. The van der Waals surface area contributed by atoms with E-state index in [0.717, 1.165) is 24.0 Å². The van der Waals surface area contributed by atoms with Gasteiger partial charge in [0.15, 0.2) is 0 Å². The number of aryl methyl sites for hydroxylation is 2. The smallest absolute Gasteiger partial charge is 0.261 e. The highest BCUT2D eigenvalue weighted by Crippen LogP contribution is 2.28. The second-order valence-corrected chi connectivity index (χ2v) is 8.79. The number of carbonyl (C=O) groups excluding carboxylic acids is 1. The first-order valence-electron chi connectivity index (χ1n) is 8.44. The SMILES string of the molecule is Cc1ccc(NS(=O)(=O)c2ccc(Cl)c(C(=O)NCC3CC3)c2)cc1C. The molecule has 1 saturated carbocycles. The minimum atomic E-state index is -3.82. The molecule has 7 heteroatoms. The molecule has 0 unspecified atom stereocenters. The fourth-order valence-electron chi connectivity index (χ4n) is 2.52. The van der Waals surface area contributed by atoms with Gasteiger partial charge in [-0.05, 0) is 74.1 Å². The molecule has 3 rings (SSSR count). The van der Waals surface area contributed by atoms with E-state index < -0.39 is 10.0 Å². The summed E-state index contributed by atoms with van der Waals surface area (Å²) in [6.45, 7) is 4.46. The van der Waals surface area contributed by atoms with E-state index in [-0.39, 0.29) is 21.4 Å². The molecule has 1 aliphatic carbocycles. The molecule has 2 N–H and O–H groups in total. The average molecular weight is 393 g/mol. The van der Waals surface area contributed by atoms with Crippen molar-refractivity contribution in [3.63, 3.8) is 0 Å². The number of hydrogen-bond acceptors (Lipinski definition) is 3. The topological polar surface area (TPSA) is 75.3 Å². The van der Waals surface area contributed by atoms with E-state index in [4.69, 9.17) is 11.6 Å². The van der Waals surface area contributed by atoms with Gasteiger partial charge >= 0.3 is 0 Å². The summed E-state index contributed by atoms with van der Waals surface area (Å²) in [5.74, 6) is 0.168. The Bertz CT molecular complexity index is 953. The zero-order chi connectivity index (χ0) is 18.9. The van der Waals surface area contributed by atoms with Gasteiger partial charge in [-0.25, -0.2) is 8.42 Å². The third kappa shape index (κ3) is 4.37. The summed E-state index contributed by atoms with van der Waals surface area (Å²) in [5, 5.41) is 3.03. The lowest BCUT2D eigenvalue weighted by atomic mass is 10.1. The van der Waals surface area contributed by atoms with Crippen LogP contribution in [0.4, 0.5) is 5.69 Å². The molecule has 0 aromatic heterocycles. The Labute approximate surface area is 158 Å². The average Bonchev–Trinajstić information content (AvgIpc) is 3.40. The molecule has 0 aliphatic heterocycles. The lowest BCUT2D eigenvalue weighted by molar-refractivity contribution is 0.0951. The molecule has 1 aliphatic rings. The van der Waals surface area contributed by atoms with Crippen LogP contribution in [0, 0.1) is 19.8 Å². The normalized spacial score (nSPS) is 14.1. The molecular formula is C19H21ClN2O3S. The summed E-state index contributed by atoms with van der Waals surface area (Å²) in [4.78, 5) is 12.3. The largest absolute Gasteiger partial charge is 0.352 e. The summed E-state index contributed by atoms with van der Waals surface area (Å²) >= 11 is 6.09. The van der Waals surface area contributed by atoms with Crippen molar-refractivity contribution in [2.24, 2.45) is 5.92 Å². The third-order valence-corrected chi connectivity index (χ3v) is 6.21. The van der Waals surface area contributed by atoms with Crippen LogP contribution in [0.15, 0.2) is 41.3 Å². The van der Waals surface area contributed by atoms with Crippen LogP contribution < -0.4 is 10.0 Å². The first-order valence-corrected chi connectivity index (χ1v) is 10.3. The summed E-state index contributed by atoms with van der Waals surface area (Å²) in [5.41, 5.74) is 2.70. The van der Waals surface area contributed by atoms with Crippen molar-refractivity contribution in [1.29, 1.82) is 0 Å². The van der Waals surface area contributed by atoms with Crippen LogP contribution in [0.2, 0.25) is 5.02 Å². The second kappa shape index (κ2) is 7.29. The summed E-state index contributed by atoms with van der Waals surface area (Å²) in [6.07, 6.45) is 2.23. The molecule has 1 amide bonds. The number of anilines is 1. The van der Waals surface area contributed by atoms with E-state index in [1.165, 1.54) is 18.2 Å². The maximum atomic E-state index is 12.7. The van der Waals surface area contributed by atoms with E-state index >= 15 is 0 Å². The zero-order valence-electron chi connectivity index (χ0n) is 14.7. The van der Waals surface area contributed by atoms with Gasteiger partial charge in [-0.1, -0.05) is 17.7 Å². The Hall–Kier alpha value is -2.05. The minimum absolute atomic E-state index is 0.00306. The summed E-state index contributed by atoms with van der Waals surface area (Å²) in [7, 11) is -3.82. The molecule has 26 heavy (non-hydrogen) atoms. The van der Waals surface area contributed by atoms with Crippen LogP contribution in [0.5, 0.6) is 0 Å². The van der Waals surface area contributed by atoms with Gasteiger partial charge in [0.1, 0.15) is 0 Å². The molecule has 5 nitrogen and oxygen atoms in total. The highest BCUT2D eigenvalue weighted by Gasteiger charge is 2.23. The highest BCUT2D eigenvalue weighted by molar-refractivity contribution is 7.92. The fraction of sp³-hybridized carbons (Fsp3) is 0.316. The molecule has 0 bridgehead atoms. The van der Waals surface area contributed by atoms with E-state index in [1.54, 1.807) is 12.1 Å². The zero-order valence-corrected chi connectivity index (χ0v) is 16.2. The molecule has 2 aromatic carbocycles. The van der Waals surface area contributed by atoms with E-state index in [2.05, 4.69) is 10.0 Å². The molecule has 138 valence electrons. The lowest BCUT2D eigenvalue weighted by Crippen LogP contribution is -2.26. The molecule has 0 saturated heterocycles. The van der Waals surface area contributed by atoms with Crippen LogP contribution >= 0.6 is 11.6 Å². The predicted molar refractivity (Wildman–Crippen MR) is 103 cm³/mol. The van der Waals surface area contributed by atoms with E-state index in [9.17, 15) is 13.2 Å². The highest BCUT2D eigenvalue weighted by atomic mass is 35.5. The molecular weight excluding hydrogens is 372 g/mol. The third-order valence-electron chi connectivity index (χ3n) is 4.50. The van der Waals surface area contributed by atoms with Gasteiger partial charge in [0.05, 0.1) is 15.5 Å². The maximum Gasteiger partial charge on any atom is 0.261 e. The molecule has 0 spiro atoms. The quantitative estimate of drug-likeness (QED) is 0.782. The first kappa shape index (κ1) is 18.7. The van der Waals surface area contributed by atoms with Gasteiger partial charge in [-0.2, -0.15) is 0 Å². The Morgan fingerprint density at radius 1 is 1.12 bits per heavy atom. The van der Waals surface area contributed by atoms with Crippen molar-refractivity contribution in [1.82, 2.24) is 5.32 Å². The summed E-state index contributed by atoms with van der Waals surface area (Å²) in [6, 6.07) is 9.47. The number of nitrogens with one attached hydrogen (secondary N) is 2. The van der Waals surface area contributed by atoms with Crippen molar-refractivity contribution in [3.05, 3.63) is 58.1 Å². The van der Waals surface area contributed by atoms with Gasteiger partial charge in [0.25, 0.3) is 15.9 Å². The predicted octanol–water partition coefficient (Wildman–Crippen LogP) is 3.90. The Morgan fingerprint density at radius 3 is 2.50 bits per heavy atom. The number of hydrogen-bond donors (Lipinski definition) is 2. The number of sulfonamides is 1. The number of benzene rings is 2. The van der Waals surface area contributed by atoms with Gasteiger partial charge in [0.2, 0.25) is 0 Å². The Kier molecular flexibility index (Phi) is 5.25. The van der Waals surface area contributed by atoms with Gasteiger partial charge in [-0.15, -0.1) is 0 Å². The molecule has 0 radical (unpaired) electrons. The number of amides is 1. The Morgan fingerprint density at radius 2 is 1.85 bits per heavy atom. The Balaban J connectivity index is 1.83. The molecule has 2 aromatic rings. The van der Waals surface area contributed by atoms with E-state index in [1.807, 2.05) is 19.9 Å². The van der Waals surface area contributed by atoms with Gasteiger partial charge in [0, 0.05) is 12.2 Å². The van der Waals surface area contributed by atoms with E-state index in [0.29, 0.717) is 18.2 Å². The molecule has 0 atom stereocenters. The van der Waals surface area contributed by atoms with Gasteiger partial charge < -0.3 is 5.32 Å². The minimum Gasteiger partial charge on any atom is -0.352 e. The van der Waals surface area contributed by atoms with Crippen LogP contribution in [0.25, 0.3) is 0 Å².